The first kappa shape index (κ1) is 32.7. The highest BCUT2D eigenvalue weighted by atomic mass is 32.2. The molecule has 0 saturated carbocycles. The number of anilines is 2. The lowest BCUT2D eigenvalue weighted by Crippen LogP contribution is -2.30. The molecule has 1 aromatic heterocycles. The largest absolute Gasteiger partial charge is 0.465 e. The lowest BCUT2D eigenvalue weighted by Gasteiger charge is -2.13. The van der Waals surface area contributed by atoms with Crippen molar-refractivity contribution in [1.29, 1.82) is 0 Å². The van der Waals surface area contributed by atoms with Gasteiger partial charge in [0.2, 0.25) is 5.91 Å². The molecule has 0 radical (unpaired) electrons. The van der Waals surface area contributed by atoms with Gasteiger partial charge in [-0.15, -0.1) is 23.1 Å². The van der Waals surface area contributed by atoms with Crippen LogP contribution in [0.15, 0.2) is 108 Å². The molecule has 0 atom stereocenters. The molecule has 0 spiro atoms. The van der Waals surface area contributed by atoms with Crippen LogP contribution >= 0.6 is 23.1 Å². The number of carbonyl (C=O) groups is 4. The van der Waals surface area contributed by atoms with Crippen molar-refractivity contribution < 1.29 is 23.9 Å². The Bertz CT molecular complexity index is 2030. The van der Waals surface area contributed by atoms with Crippen LogP contribution in [0.5, 0.6) is 0 Å². The zero-order valence-corrected chi connectivity index (χ0v) is 27.8. The minimum absolute atomic E-state index is 0.0812. The first-order valence-corrected chi connectivity index (χ1v) is 17.3. The van der Waals surface area contributed by atoms with Crippen LogP contribution < -0.4 is 16.0 Å². The molecular weight excluding hydrogens is 643 g/mol. The predicted molar refractivity (Wildman–Crippen MR) is 193 cm³/mol. The average Bonchev–Trinajstić information content (AvgIpc) is 3.48. The fourth-order valence-electron chi connectivity index (χ4n) is 5.62. The number of methoxy groups -OCH3 is 1. The summed E-state index contributed by atoms with van der Waals surface area (Å²) < 4.78 is 5.02. The Morgan fingerprint density at radius 3 is 2.44 bits per heavy atom. The molecule has 0 aliphatic heterocycles. The Hall–Kier alpha value is -5.19. The number of thioether (sulfide) groups is 1. The number of thiophene rings is 1. The van der Waals surface area contributed by atoms with Gasteiger partial charge < -0.3 is 20.7 Å². The number of hydrogen-bond acceptors (Lipinski definition) is 7. The van der Waals surface area contributed by atoms with Gasteiger partial charge in [0.25, 0.3) is 11.8 Å². The van der Waals surface area contributed by atoms with Crippen LogP contribution in [0.2, 0.25) is 0 Å². The molecular formula is C38H33N3O5S2. The topological polar surface area (TPSA) is 114 Å². The van der Waals surface area contributed by atoms with E-state index in [0.717, 1.165) is 57.4 Å². The third-order valence-corrected chi connectivity index (χ3v) is 10.1. The number of amides is 3. The molecule has 4 aromatic carbocycles. The summed E-state index contributed by atoms with van der Waals surface area (Å²) in [5.41, 5.74) is 3.24. The number of nitrogens with one attached hydrogen (secondary N) is 3. The van der Waals surface area contributed by atoms with Crippen molar-refractivity contribution in [2.24, 2.45) is 0 Å². The lowest BCUT2D eigenvalue weighted by atomic mass is 9.95. The molecule has 48 heavy (non-hydrogen) atoms. The number of fused-ring (bicyclic) bond motifs is 2. The first-order valence-electron chi connectivity index (χ1n) is 15.5. The molecule has 8 nitrogen and oxygen atoms in total. The number of rotatable bonds is 10. The van der Waals surface area contributed by atoms with Crippen LogP contribution in [0.4, 0.5) is 10.7 Å². The third-order valence-electron chi connectivity index (χ3n) is 7.93. The van der Waals surface area contributed by atoms with Crippen molar-refractivity contribution in [1.82, 2.24) is 5.32 Å². The molecule has 10 heteroatoms. The van der Waals surface area contributed by atoms with Crippen molar-refractivity contribution in [2.75, 3.05) is 23.5 Å². The summed E-state index contributed by atoms with van der Waals surface area (Å²) in [4.78, 5) is 54.3. The van der Waals surface area contributed by atoms with E-state index in [2.05, 4.69) is 16.0 Å². The van der Waals surface area contributed by atoms with E-state index in [1.165, 1.54) is 30.2 Å². The van der Waals surface area contributed by atoms with Crippen molar-refractivity contribution in [3.05, 3.63) is 130 Å². The smallest absolute Gasteiger partial charge is 0.341 e. The van der Waals surface area contributed by atoms with Crippen molar-refractivity contribution in [3.8, 4) is 0 Å². The van der Waals surface area contributed by atoms with E-state index in [1.54, 1.807) is 48.5 Å². The second-order valence-electron chi connectivity index (χ2n) is 11.2. The summed E-state index contributed by atoms with van der Waals surface area (Å²) in [6.07, 6.45) is 5.43. The molecule has 1 aliphatic carbocycles. The predicted octanol–water partition coefficient (Wildman–Crippen LogP) is 7.71. The van der Waals surface area contributed by atoms with Crippen LogP contribution in [0, 0.1) is 0 Å². The highest BCUT2D eigenvalue weighted by Gasteiger charge is 2.27. The van der Waals surface area contributed by atoms with Crippen molar-refractivity contribution >= 4 is 74.3 Å². The Labute approximate surface area is 286 Å². The van der Waals surface area contributed by atoms with Crippen molar-refractivity contribution in [3.63, 3.8) is 0 Å². The Kier molecular flexibility index (Phi) is 10.3. The monoisotopic (exact) mass is 675 g/mol. The summed E-state index contributed by atoms with van der Waals surface area (Å²) in [6, 6.07) is 29.5. The van der Waals surface area contributed by atoms with E-state index >= 15 is 0 Å². The van der Waals surface area contributed by atoms with E-state index in [9.17, 15) is 19.2 Å². The molecule has 5 aromatic rings. The summed E-state index contributed by atoms with van der Waals surface area (Å²) in [6.45, 7) is 0. The highest BCUT2D eigenvalue weighted by molar-refractivity contribution is 8.00. The summed E-state index contributed by atoms with van der Waals surface area (Å²) in [5, 5.41) is 11.1. The minimum Gasteiger partial charge on any atom is -0.465 e. The van der Waals surface area contributed by atoms with Crippen LogP contribution in [0.3, 0.4) is 0 Å². The second-order valence-corrected chi connectivity index (χ2v) is 13.3. The quantitative estimate of drug-likeness (QED) is 0.0794. The maximum atomic E-state index is 13.7. The lowest BCUT2D eigenvalue weighted by molar-refractivity contribution is -0.114. The summed E-state index contributed by atoms with van der Waals surface area (Å²) >= 11 is 2.75. The second kappa shape index (κ2) is 15.1. The first-order chi connectivity index (χ1) is 23.4. The van der Waals surface area contributed by atoms with E-state index in [0.29, 0.717) is 21.8 Å². The minimum atomic E-state index is -0.496. The average molecular weight is 676 g/mol. The number of carbonyl (C=O) groups excluding carboxylic acids is 4. The van der Waals surface area contributed by atoms with Crippen LogP contribution in [0.25, 0.3) is 16.8 Å². The van der Waals surface area contributed by atoms with Crippen LogP contribution in [-0.4, -0.2) is 36.6 Å². The van der Waals surface area contributed by atoms with E-state index in [-0.39, 0.29) is 17.4 Å². The number of aryl methyl sites for hydroxylation is 1. The standard InChI is InChI=1S/C38H33N3O5S2/c1-46-38(45)34-30-19-7-8-20-32(30)48-37(34)41-33(42)23-47-28-17-10-16-27(22-28)39-36(44)31(40-35(43)25-12-3-2-4-13-25)21-26-15-9-14-24-11-5-6-18-29(24)26/h2-6,9-18,21-22H,7-8,19-20,23H2,1H3,(H,39,44)(H,40,43)(H,41,42)/b31-21+. The molecule has 3 N–H and O–H groups in total. The van der Waals surface area contributed by atoms with Gasteiger partial charge in [0.15, 0.2) is 0 Å². The van der Waals surface area contributed by atoms with Gasteiger partial charge in [-0.05, 0) is 84.0 Å². The summed E-state index contributed by atoms with van der Waals surface area (Å²) in [7, 11) is 1.35. The van der Waals surface area contributed by atoms with Gasteiger partial charge in [-0.25, -0.2) is 4.79 Å². The van der Waals surface area contributed by atoms with Gasteiger partial charge in [0, 0.05) is 21.0 Å². The van der Waals surface area contributed by atoms with Gasteiger partial charge in [0.1, 0.15) is 10.7 Å². The maximum absolute atomic E-state index is 13.7. The zero-order valence-electron chi connectivity index (χ0n) is 26.2. The molecule has 0 unspecified atom stereocenters. The number of esters is 1. The highest BCUT2D eigenvalue weighted by Crippen LogP contribution is 2.38. The van der Waals surface area contributed by atoms with Crippen LogP contribution in [0.1, 0.15) is 49.6 Å². The third kappa shape index (κ3) is 7.67. The fraction of sp³-hybridized carbons (Fsp3) is 0.158. The molecule has 1 heterocycles. The Balaban J connectivity index is 1.17. The Morgan fingerprint density at radius 2 is 1.60 bits per heavy atom. The Morgan fingerprint density at radius 1 is 0.854 bits per heavy atom. The number of ether oxygens (including phenoxy) is 1. The fourth-order valence-corrected chi connectivity index (χ4v) is 7.67. The van der Waals surface area contributed by atoms with Gasteiger partial charge in [-0.3, -0.25) is 14.4 Å². The molecule has 0 saturated heterocycles. The van der Waals surface area contributed by atoms with Gasteiger partial charge in [-0.1, -0.05) is 66.7 Å². The molecule has 0 bridgehead atoms. The number of hydrogen-bond donors (Lipinski definition) is 3. The zero-order chi connectivity index (χ0) is 33.5. The molecule has 3 amide bonds. The molecule has 242 valence electrons. The van der Waals surface area contributed by atoms with Gasteiger partial charge in [0.05, 0.1) is 18.4 Å². The van der Waals surface area contributed by atoms with E-state index in [4.69, 9.17) is 4.74 Å². The molecule has 1 aliphatic rings. The molecule has 0 fully saturated rings. The number of benzene rings is 4. The van der Waals surface area contributed by atoms with E-state index < -0.39 is 17.8 Å². The van der Waals surface area contributed by atoms with Crippen molar-refractivity contribution in [2.45, 2.75) is 30.6 Å². The van der Waals surface area contributed by atoms with Gasteiger partial charge >= 0.3 is 5.97 Å². The normalized spacial score (nSPS) is 12.6. The van der Waals surface area contributed by atoms with Gasteiger partial charge in [-0.2, -0.15) is 0 Å². The van der Waals surface area contributed by atoms with Crippen LogP contribution in [-0.2, 0) is 27.2 Å². The maximum Gasteiger partial charge on any atom is 0.341 e. The SMILES string of the molecule is COC(=O)c1c(NC(=O)CSc2cccc(NC(=O)/C(=C\c3cccc4ccccc34)NC(=O)c3ccccc3)c2)sc2c1CCCC2. The molecule has 6 rings (SSSR count). The van der Waals surface area contributed by atoms with E-state index in [1.807, 2.05) is 54.6 Å². The summed E-state index contributed by atoms with van der Waals surface area (Å²) in [5.74, 6) is -1.49.